The summed E-state index contributed by atoms with van der Waals surface area (Å²) >= 11 is 0. The van der Waals surface area contributed by atoms with Gasteiger partial charge in [-0.15, -0.1) is 0 Å². The van der Waals surface area contributed by atoms with E-state index in [-0.39, 0.29) is 5.91 Å². The Labute approximate surface area is 222 Å². The number of carbonyl (C=O) groups excluding carboxylic acids is 1. The summed E-state index contributed by atoms with van der Waals surface area (Å²) in [6.45, 7) is 4.63. The number of morpholine rings is 1. The van der Waals surface area contributed by atoms with Crippen LogP contribution in [0.3, 0.4) is 0 Å². The molecule has 1 aliphatic rings. The van der Waals surface area contributed by atoms with E-state index in [1.165, 1.54) is 6.33 Å². The standard InChI is InChI=1S/C26H28N8O3S/c1-17-7-8-18(25(35)30-19-5-4-6-20(14-19)38(36)33(2)3)13-21(17)31-24-23-22(28-16-29-24)15-27-26(32-23)34-9-11-37-12-10-34/h4-8,13-16H,9-12H2,1-3H3,(H,30,35)(H,28,29,31). The summed E-state index contributed by atoms with van der Waals surface area (Å²) in [6.07, 6.45) is 3.15. The molecule has 1 aliphatic heterocycles. The van der Waals surface area contributed by atoms with Crippen LogP contribution in [0.15, 0.2) is 59.9 Å². The Kier molecular flexibility index (Phi) is 7.54. The number of anilines is 4. The van der Waals surface area contributed by atoms with E-state index in [9.17, 15) is 9.00 Å². The van der Waals surface area contributed by atoms with E-state index in [1.54, 1.807) is 61.0 Å². The van der Waals surface area contributed by atoms with Crippen molar-refractivity contribution in [2.24, 2.45) is 0 Å². The Balaban J connectivity index is 1.39. The monoisotopic (exact) mass is 532 g/mol. The first-order valence-electron chi connectivity index (χ1n) is 12.1. The fraction of sp³-hybridized carbons (Fsp3) is 0.269. The van der Waals surface area contributed by atoms with Crippen molar-refractivity contribution in [1.82, 2.24) is 24.2 Å². The minimum atomic E-state index is -1.31. The molecule has 0 aliphatic carbocycles. The molecule has 1 amide bonds. The maximum atomic E-state index is 13.1. The van der Waals surface area contributed by atoms with Gasteiger partial charge in [-0.1, -0.05) is 12.1 Å². The number of hydrogen-bond donors (Lipinski definition) is 2. The predicted molar refractivity (Wildman–Crippen MR) is 147 cm³/mol. The summed E-state index contributed by atoms with van der Waals surface area (Å²) in [5.41, 5.74) is 3.86. The molecular weight excluding hydrogens is 504 g/mol. The zero-order valence-electron chi connectivity index (χ0n) is 21.3. The number of aryl methyl sites for hydroxylation is 1. The third-order valence-corrected chi connectivity index (χ3v) is 7.36. The second-order valence-electron chi connectivity index (χ2n) is 8.92. The Hall–Kier alpha value is -4.00. The summed E-state index contributed by atoms with van der Waals surface area (Å²) in [6, 6.07) is 12.4. The number of carbonyl (C=O) groups is 1. The van der Waals surface area contributed by atoms with Crippen LogP contribution in [-0.4, -0.2) is 74.8 Å². The van der Waals surface area contributed by atoms with Gasteiger partial charge in [-0.2, -0.15) is 0 Å². The van der Waals surface area contributed by atoms with Gasteiger partial charge in [0.15, 0.2) is 5.82 Å². The lowest BCUT2D eigenvalue weighted by Gasteiger charge is -2.26. The Morgan fingerprint density at radius 3 is 2.68 bits per heavy atom. The number of nitrogens with zero attached hydrogens (tertiary/aromatic N) is 6. The zero-order chi connectivity index (χ0) is 26.6. The van der Waals surface area contributed by atoms with Crippen LogP contribution in [0.1, 0.15) is 15.9 Å². The largest absolute Gasteiger partial charge is 0.378 e. The van der Waals surface area contributed by atoms with E-state index in [0.29, 0.717) is 70.9 Å². The highest BCUT2D eigenvalue weighted by Crippen LogP contribution is 2.26. The lowest BCUT2D eigenvalue weighted by atomic mass is 10.1. The molecule has 38 heavy (non-hydrogen) atoms. The average Bonchev–Trinajstić information content (AvgIpc) is 2.94. The first kappa shape index (κ1) is 25.6. The number of aromatic nitrogens is 4. The van der Waals surface area contributed by atoms with Crippen molar-refractivity contribution in [3.63, 3.8) is 0 Å². The van der Waals surface area contributed by atoms with Crippen molar-refractivity contribution < 1.29 is 13.7 Å². The summed E-state index contributed by atoms with van der Waals surface area (Å²) in [5, 5.41) is 6.23. The van der Waals surface area contributed by atoms with Crippen molar-refractivity contribution in [3.8, 4) is 0 Å². The first-order valence-corrected chi connectivity index (χ1v) is 13.2. The quantitative estimate of drug-likeness (QED) is 0.369. The third-order valence-electron chi connectivity index (χ3n) is 6.04. The molecule has 0 spiro atoms. The number of nitrogens with one attached hydrogen (secondary N) is 2. The minimum absolute atomic E-state index is 0.287. The lowest BCUT2D eigenvalue weighted by Crippen LogP contribution is -2.37. The summed E-state index contributed by atoms with van der Waals surface area (Å²) in [4.78, 5) is 33.7. The van der Waals surface area contributed by atoms with Crippen LogP contribution in [0.2, 0.25) is 0 Å². The SMILES string of the molecule is Cc1ccc(C(=O)Nc2cccc(S(=O)N(C)C)c2)cc1Nc1ncnc2cnc(N3CCOCC3)nc12. The molecule has 0 radical (unpaired) electrons. The molecule has 1 fully saturated rings. The second kappa shape index (κ2) is 11.2. The molecule has 1 atom stereocenters. The van der Waals surface area contributed by atoms with Crippen molar-refractivity contribution >= 4 is 51.1 Å². The van der Waals surface area contributed by atoms with Crippen LogP contribution in [0, 0.1) is 6.92 Å². The van der Waals surface area contributed by atoms with Gasteiger partial charge in [0.2, 0.25) is 5.95 Å². The van der Waals surface area contributed by atoms with Crippen molar-refractivity contribution in [3.05, 3.63) is 66.1 Å². The molecule has 1 unspecified atom stereocenters. The molecule has 5 rings (SSSR count). The zero-order valence-corrected chi connectivity index (χ0v) is 22.2. The topological polar surface area (TPSA) is 125 Å². The van der Waals surface area contributed by atoms with E-state index in [1.807, 2.05) is 13.0 Å². The molecular formula is C26H28N8O3S. The van der Waals surface area contributed by atoms with Gasteiger partial charge in [0.05, 0.1) is 24.3 Å². The Morgan fingerprint density at radius 1 is 1.08 bits per heavy atom. The van der Waals surface area contributed by atoms with E-state index in [4.69, 9.17) is 9.72 Å². The van der Waals surface area contributed by atoms with E-state index in [2.05, 4.69) is 30.5 Å². The highest BCUT2D eigenvalue weighted by atomic mass is 32.2. The van der Waals surface area contributed by atoms with Gasteiger partial charge in [0.1, 0.15) is 28.3 Å². The van der Waals surface area contributed by atoms with Gasteiger partial charge in [-0.25, -0.2) is 28.5 Å². The highest BCUT2D eigenvalue weighted by molar-refractivity contribution is 7.82. The lowest BCUT2D eigenvalue weighted by molar-refractivity contribution is 0.102. The molecule has 12 heteroatoms. The maximum Gasteiger partial charge on any atom is 0.255 e. The summed E-state index contributed by atoms with van der Waals surface area (Å²) < 4.78 is 19.4. The molecule has 1 saturated heterocycles. The number of amides is 1. The normalized spacial score (nSPS) is 14.5. The van der Waals surface area contributed by atoms with Crippen LogP contribution in [0.4, 0.5) is 23.1 Å². The van der Waals surface area contributed by atoms with Crippen molar-refractivity contribution in [2.75, 3.05) is 55.9 Å². The van der Waals surface area contributed by atoms with Crippen LogP contribution in [0.5, 0.6) is 0 Å². The number of ether oxygens (including phenoxy) is 1. The summed E-state index contributed by atoms with van der Waals surface area (Å²) in [5.74, 6) is 0.831. The highest BCUT2D eigenvalue weighted by Gasteiger charge is 2.17. The molecule has 2 aromatic heterocycles. The fourth-order valence-corrected chi connectivity index (χ4v) is 4.82. The maximum absolute atomic E-state index is 13.1. The molecule has 4 aromatic rings. The average molecular weight is 533 g/mol. The Bertz CT molecular complexity index is 1510. The number of rotatable bonds is 7. The number of fused-ring (bicyclic) bond motifs is 1. The minimum Gasteiger partial charge on any atom is -0.378 e. The molecule has 3 heterocycles. The van der Waals surface area contributed by atoms with E-state index >= 15 is 0 Å². The second-order valence-corrected chi connectivity index (χ2v) is 10.6. The summed E-state index contributed by atoms with van der Waals surface area (Å²) in [7, 11) is 2.16. The van der Waals surface area contributed by atoms with Crippen LogP contribution in [0.25, 0.3) is 11.0 Å². The van der Waals surface area contributed by atoms with Crippen LogP contribution < -0.4 is 15.5 Å². The van der Waals surface area contributed by atoms with Crippen molar-refractivity contribution in [1.29, 1.82) is 0 Å². The third kappa shape index (κ3) is 5.62. The molecule has 2 N–H and O–H groups in total. The van der Waals surface area contributed by atoms with Crippen LogP contribution in [-0.2, 0) is 15.7 Å². The van der Waals surface area contributed by atoms with Gasteiger partial charge in [-0.05, 0) is 56.9 Å². The molecule has 196 valence electrons. The van der Waals surface area contributed by atoms with Gasteiger partial charge < -0.3 is 20.3 Å². The molecule has 2 aromatic carbocycles. The molecule has 11 nitrogen and oxygen atoms in total. The molecule has 0 bridgehead atoms. The van der Waals surface area contributed by atoms with Gasteiger partial charge >= 0.3 is 0 Å². The fourth-order valence-electron chi connectivity index (χ4n) is 3.97. The predicted octanol–water partition coefficient (Wildman–Crippen LogP) is 3.14. The van der Waals surface area contributed by atoms with E-state index in [0.717, 1.165) is 5.56 Å². The number of hydrogen-bond acceptors (Lipinski definition) is 9. The van der Waals surface area contributed by atoms with E-state index < -0.39 is 11.0 Å². The van der Waals surface area contributed by atoms with Crippen LogP contribution >= 0.6 is 0 Å². The smallest absolute Gasteiger partial charge is 0.255 e. The van der Waals surface area contributed by atoms with Gasteiger partial charge in [0, 0.05) is 30.0 Å². The van der Waals surface area contributed by atoms with Gasteiger partial charge in [0.25, 0.3) is 5.91 Å². The Morgan fingerprint density at radius 2 is 1.89 bits per heavy atom. The number of benzene rings is 2. The van der Waals surface area contributed by atoms with Crippen molar-refractivity contribution in [2.45, 2.75) is 11.8 Å². The first-order chi connectivity index (χ1) is 18.4. The molecule has 0 saturated carbocycles. The van der Waals surface area contributed by atoms with Gasteiger partial charge in [-0.3, -0.25) is 4.79 Å².